The molecule has 4 aromatic rings. The van der Waals surface area contributed by atoms with Crippen LogP contribution < -0.4 is 0 Å². The Morgan fingerprint density at radius 3 is 2.00 bits per heavy atom. The molecule has 0 aliphatic heterocycles. The zero-order chi connectivity index (χ0) is 16.9. The van der Waals surface area contributed by atoms with Crippen LogP contribution >= 0.6 is 22.7 Å². The molecule has 1 aromatic heterocycles. The van der Waals surface area contributed by atoms with E-state index >= 15 is 0 Å². The standard InChI is InChI=1S/C23H17S2/c1-4-10-18(11-5-1)16-21(19-12-6-2-7-13-19)23-24-17-22(25-23)20-14-8-3-9-15-20/h1-17H/q+1/b21-16+. The van der Waals surface area contributed by atoms with E-state index in [0.29, 0.717) is 0 Å². The van der Waals surface area contributed by atoms with Gasteiger partial charge in [0.25, 0.3) is 4.19 Å². The fraction of sp³-hybridized carbons (Fsp3) is 0. The first-order chi connectivity index (χ1) is 12.4. The van der Waals surface area contributed by atoms with Crippen molar-refractivity contribution in [3.8, 4) is 10.4 Å². The summed E-state index contributed by atoms with van der Waals surface area (Å²) in [5.41, 5.74) is 5.04. The van der Waals surface area contributed by atoms with Gasteiger partial charge in [-0.15, -0.1) is 0 Å². The third kappa shape index (κ3) is 3.76. The van der Waals surface area contributed by atoms with Gasteiger partial charge in [-0.25, -0.2) is 0 Å². The Hall–Kier alpha value is -2.55. The lowest BCUT2D eigenvalue weighted by atomic mass is 10.0. The zero-order valence-corrected chi connectivity index (χ0v) is 15.3. The molecule has 25 heavy (non-hydrogen) atoms. The van der Waals surface area contributed by atoms with Crippen molar-refractivity contribution in [3.05, 3.63) is 112 Å². The van der Waals surface area contributed by atoms with Gasteiger partial charge >= 0.3 is 0 Å². The number of hydrogen-bond donors (Lipinski definition) is 0. The van der Waals surface area contributed by atoms with Crippen molar-refractivity contribution >= 4 is 34.3 Å². The molecule has 2 heteroatoms. The molecular formula is C23H17S2+. The van der Waals surface area contributed by atoms with Crippen molar-refractivity contribution in [3.63, 3.8) is 0 Å². The van der Waals surface area contributed by atoms with Gasteiger partial charge in [0, 0.05) is 5.56 Å². The van der Waals surface area contributed by atoms with Gasteiger partial charge in [-0.2, -0.15) is 0 Å². The first-order valence-electron chi connectivity index (χ1n) is 8.20. The normalized spacial score (nSPS) is 11.4. The summed E-state index contributed by atoms with van der Waals surface area (Å²) in [6.07, 6.45) is 2.28. The number of hydrogen-bond acceptors (Lipinski definition) is 1. The van der Waals surface area contributed by atoms with E-state index in [-0.39, 0.29) is 0 Å². The van der Waals surface area contributed by atoms with Crippen LogP contribution in [0.25, 0.3) is 22.1 Å². The van der Waals surface area contributed by atoms with E-state index in [4.69, 9.17) is 0 Å². The molecule has 1 heterocycles. The lowest BCUT2D eigenvalue weighted by Gasteiger charge is -2.01. The molecular weight excluding hydrogens is 340 g/mol. The maximum atomic E-state index is 2.28. The Balaban J connectivity index is 1.80. The van der Waals surface area contributed by atoms with Crippen LogP contribution in [0.1, 0.15) is 15.3 Å². The van der Waals surface area contributed by atoms with Crippen molar-refractivity contribution in [2.45, 2.75) is 0 Å². The van der Waals surface area contributed by atoms with Crippen molar-refractivity contribution < 1.29 is 0 Å². The van der Waals surface area contributed by atoms with Gasteiger partial charge in [-0.05, 0) is 17.2 Å². The van der Waals surface area contributed by atoms with Crippen LogP contribution in [-0.4, -0.2) is 0 Å². The second kappa shape index (κ2) is 7.56. The molecule has 0 saturated carbocycles. The Labute approximate surface area is 156 Å². The van der Waals surface area contributed by atoms with Gasteiger partial charge in [-0.3, -0.25) is 0 Å². The second-order valence-corrected chi connectivity index (χ2v) is 7.88. The predicted molar refractivity (Wildman–Crippen MR) is 112 cm³/mol. The summed E-state index contributed by atoms with van der Waals surface area (Å²) in [5, 5.41) is 2.26. The third-order valence-electron chi connectivity index (χ3n) is 3.95. The van der Waals surface area contributed by atoms with E-state index in [0.717, 1.165) is 0 Å². The first-order valence-corrected chi connectivity index (χ1v) is 9.89. The molecule has 0 N–H and O–H groups in total. The molecule has 0 spiro atoms. The Bertz CT molecular complexity index is 968. The molecule has 0 amide bonds. The van der Waals surface area contributed by atoms with E-state index in [1.807, 2.05) is 22.7 Å². The molecule has 0 bridgehead atoms. The second-order valence-electron chi connectivity index (χ2n) is 5.69. The number of rotatable bonds is 4. The fourth-order valence-corrected chi connectivity index (χ4v) is 5.03. The van der Waals surface area contributed by atoms with Crippen molar-refractivity contribution in [1.82, 2.24) is 0 Å². The molecule has 0 atom stereocenters. The van der Waals surface area contributed by atoms with E-state index in [1.165, 1.54) is 31.3 Å². The predicted octanol–water partition coefficient (Wildman–Crippen LogP) is 7.35. The molecule has 0 aliphatic carbocycles. The summed E-state index contributed by atoms with van der Waals surface area (Å²) in [6.45, 7) is 0. The average Bonchev–Trinajstić information content (AvgIpc) is 3.18. The summed E-state index contributed by atoms with van der Waals surface area (Å²) in [7, 11) is 0. The van der Waals surface area contributed by atoms with Crippen molar-refractivity contribution in [1.29, 1.82) is 0 Å². The molecule has 4 rings (SSSR count). The van der Waals surface area contributed by atoms with Gasteiger partial charge in [0.15, 0.2) is 4.88 Å². The van der Waals surface area contributed by atoms with Gasteiger partial charge in [-0.1, -0.05) is 91.0 Å². The zero-order valence-electron chi connectivity index (χ0n) is 13.6. The summed E-state index contributed by atoms with van der Waals surface area (Å²) in [5.74, 6) is 0. The molecule has 0 radical (unpaired) electrons. The highest BCUT2D eigenvalue weighted by atomic mass is 32.2. The van der Waals surface area contributed by atoms with Gasteiger partial charge < -0.3 is 0 Å². The Morgan fingerprint density at radius 1 is 0.720 bits per heavy atom. The summed E-state index contributed by atoms with van der Waals surface area (Å²) in [6, 6.07) is 31.8. The largest absolute Gasteiger partial charge is 0.286 e. The van der Waals surface area contributed by atoms with Crippen LogP contribution in [0.5, 0.6) is 0 Å². The highest BCUT2D eigenvalue weighted by molar-refractivity contribution is 7.33. The van der Waals surface area contributed by atoms with Gasteiger partial charge in [0.05, 0.1) is 28.2 Å². The monoisotopic (exact) mass is 357 g/mol. The van der Waals surface area contributed by atoms with Crippen molar-refractivity contribution in [2.24, 2.45) is 0 Å². The van der Waals surface area contributed by atoms with Crippen LogP contribution in [0.4, 0.5) is 0 Å². The van der Waals surface area contributed by atoms with Crippen LogP contribution in [0.3, 0.4) is 0 Å². The molecule has 3 aromatic carbocycles. The smallest absolute Gasteiger partial charge is 0.0622 e. The maximum Gasteiger partial charge on any atom is 0.286 e. The summed E-state index contributed by atoms with van der Waals surface area (Å²) < 4.78 is 1.33. The van der Waals surface area contributed by atoms with E-state index in [9.17, 15) is 0 Å². The fourth-order valence-electron chi connectivity index (χ4n) is 2.70. The van der Waals surface area contributed by atoms with E-state index in [1.54, 1.807) is 0 Å². The van der Waals surface area contributed by atoms with Crippen LogP contribution in [0, 0.1) is 0 Å². The average molecular weight is 358 g/mol. The minimum Gasteiger partial charge on any atom is -0.0622 e. The maximum absolute atomic E-state index is 2.28. The van der Waals surface area contributed by atoms with E-state index in [2.05, 4.69) is 102 Å². The molecule has 0 aliphatic rings. The van der Waals surface area contributed by atoms with Crippen molar-refractivity contribution in [2.75, 3.05) is 0 Å². The van der Waals surface area contributed by atoms with Crippen LogP contribution in [0.2, 0.25) is 0 Å². The SMILES string of the molecule is C(=C(/c1ccccc1)c1sc(-c2ccccc2)c[s+]1)/c1ccccc1. The van der Waals surface area contributed by atoms with Gasteiger partial charge in [0.1, 0.15) is 5.38 Å². The van der Waals surface area contributed by atoms with E-state index < -0.39 is 0 Å². The lowest BCUT2D eigenvalue weighted by molar-refractivity contribution is 1.62. The quantitative estimate of drug-likeness (QED) is 0.265. The number of benzene rings is 3. The topological polar surface area (TPSA) is 0 Å². The molecule has 0 fully saturated rings. The van der Waals surface area contributed by atoms with Gasteiger partial charge in [0.2, 0.25) is 0 Å². The molecule has 0 nitrogen and oxygen atoms in total. The highest BCUT2D eigenvalue weighted by Crippen LogP contribution is 2.39. The molecule has 120 valence electrons. The minimum absolute atomic E-state index is 1.23. The first kappa shape index (κ1) is 15.9. The highest BCUT2D eigenvalue weighted by Gasteiger charge is 2.21. The lowest BCUT2D eigenvalue weighted by Crippen LogP contribution is -1.83. The Kier molecular flexibility index (Phi) is 4.82. The van der Waals surface area contributed by atoms with Crippen LogP contribution in [-0.2, 0) is 0 Å². The minimum atomic E-state index is 1.23. The third-order valence-corrected chi connectivity index (χ3v) is 6.40. The molecule has 0 unspecified atom stereocenters. The molecule has 0 saturated heterocycles. The Morgan fingerprint density at radius 2 is 1.32 bits per heavy atom. The summed E-state index contributed by atoms with van der Waals surface area (Å²) >= 11 is 3.68. The summed E-state index contributed by atoms with van der Waals surface area (Å²) in [4.78, 5) is 1.32. The van der Waals surface area contributed by atoms with Crippen LogP contribution in [0.15, 0.2) is 96.4 Å².